The third-order valence-electron chi connectivity index (χ3n) is 2.88. The van der Waals surface area contributed by atoms with Gasteiger partial charge in [0.25, 0.3) is 0 Å². The van der Waals surface area contributed by atoms with Crippen molar-refractivity contribution in [3.63, 3.8) is 0 Å². The minimum atomic E-state index is -0.208. The number of thiazole rings is 1. The summed E-state index contributed by atoms with van der Waals surface area (Å²) in [5, 5.41) is 4.36. The Morgan fingerprint density at radius 1 is 1.39 bits per heavy atom. The number of rotatable bonds is 4. The van der Waals surface area contributed by atoms with Crippen LogP contribution in [-0.4, -0.2) is 11.5 Å². The summed E-state index contributed by atoms with van der Waals surface area (Å²) in [5.41, 5.74) is 1.97. The second-order valence-corrected chi connectivity index (χ2v) is 5.47. The van der Waals surface area contributed by atoms with E-state index in [2.05, 4.69) is 17.2 Å². The van der Waals surface area contributed by atoms with E-state index < -0.39 is 0 Å². The van der Waals surface area contributed by atoms with Crippen LogP contribution in [0.4, 0.5) is 4.39 Å². The van der Waals surface area contributed by atoms with Crippen molar-refractivity contribution in [3.8, 4) is 0 Å². The third kappa shape index (κ3) is 2.76. The first-order chi connectivity index (χ1) is 8.61. The van der Waals surface area contributed by atoms with Crippen LogP contribution in [0.25, 0.3) is 0 Å². The number of halogens is 1. The van der Waals surface area contributed by atoms with Crippen LogP contribution in [-0.2, 0) is 0 Å². The average molecular weight is 264 g/mol. The molecule has 1 unspecified atom stereocenters. The minimum Gasteiger partial charge on any atom is -0.305 e. The van der Waals surface area contributed by atoms with Crippen LogP contribution in [0.3, 0.4) is 0 Å². The van der Waals surface area contributed by atoms with E-state index in [1.165, 1.54) is 10.9 Å². The molecule has 0 aliphatic carbocycles. The lowest BCUT2D eigenvalue weighted by atomic mass is 10.1. The minimum absolute atomic E-state index is 0.0249. The van der Waals surface area contributed by atoms with E-state index >= 15 is 0 Å². The van der Waals surface area contributed by atoms with Crippen LogP contribution in [0.5, 0.6) is 0 Å². The highest BCUT2D eigenvalue weighted by atomic mass is 32.1. The summed E-state index contributed by atoms with van der Waals surface area (Å²) in [5.74, 6) is -0.208. The van der Waals surface area contributed by atoms with Gasteiger partial charge in [0.05, 0.1) is 11.7 Å². The molecule has 96 valence electrons. The summed E-state index contributed by atoms with van der Waals surface area (Å²) >= 11 is 1.67. The molecule has 18 heavy (non-hydrogen) atoms. The fraction of sp³-hybridized carbons (Fsp3) is 0.357. The molecule has 1 aromatic heterocycles. The van der Waals surface area contributed by atoms with Crippen molar-refractivity contribution in [2.24, 2.45) is 0 Å². The van der Waals surface area contributed by atoms with E-state index in [0.29, 0.717) is 0 Å². The number of nitrogens with zero attached hydrogens (tertiary/aromatic N) is 1. The van der Waals surface area contributed by atoms with Gasteiger partial charge in [-0.1, -0.05) is 19.1 Å². The molecule has 2 rings (SSSR count). The average Bonchev–Trinajstić information content (AvgIpc) is 2.66. The molecule has 0 spiro atoms. The van der Waals surface area contributed by atoms with Crippen molar-refractivity contribution in [1.29, 1.82) is 0 Å². The van der Waals surface area contributed by atoms with Gasteiger partial charge in [-0.05, 0) is 38.1 Å². The third-order valence-corrected chi connectivity index (χ3v) is 4.02. The zero-order valence-corrected chi connectivity index (χ0v) is 11.6. The molecule has 4 heteroatoms. The molecule has 2 nitrogen and oxygen atoms in total. The maximum absolute atomic E-state index is 13.3. The molecule has 0 amide bonds. The first-order valence-electron chi connectivity index (χ1n) is 6.04. The predicted molar refractivity (Wildman–Crippen MR) is 73.5 cm³/mol. The lowest BCUT2D eigenvalue weighted by Gasteiger charge is -2.15. The summed E-state index contributed by atoms with van der Waals surface area (Å²) in [6, 6.07) is 6.68. The molecule has 0 aliphatic rings. The van der Waals surface area contributed by atoms with Crippen LogP contribution in [0.15, 0.2) is 24.3 Å². The molecule has 0 radical (unpaired) electrons. The molecule has 0 saturated carbocycles. The van der Waals surface area contributed by atoms with Crippen LogP contribution >= 0.6 is 11.3 Å². The van der Waals surface area contributed by atoms with Crippen molar-refractivity contribution >= 4 is 11.3 Å². The van der Waals surface area contributed by atoms with E-state index in [0.717, 1.165) is 22.8 Å². The number of aryl methyl sites for hydroxylation is 2. The SMILES string of the molecule is CCNC(c1cccc(F)c1)c1nc(C)c(C)s1. The van der Waals surface area contributed by atoms with Crippen molar-refractivity contribution < 1.29 is 4.39 Å². The van der Waals surface area contributed by atoms with Crippen LogP contribution in [0.2, 0.25) is 0 Å². The van der Waals surface area contributed by atoms with Gasteiger partial charge in [-0.2, -0.15) is 0 Å². The fourth-order valence-electron chi connectivity index (χ4n) is 1.86. The van der Waals surface area contributed by atoms with Gasteiger partial charge in [0.15, 0.2) is 0 Å². The van der Waals surface area contributed by atoms with Crippen molar-refractivity contribution in [3.05, 3.63) is 51.2 Å². The van der Waals surface area contributed by atoms with Gasteiger partial charge in [-0.3, -0.25) is 0 Å². The Bertz CT molecular complexity index is 517. The Balaban J connectivity index is 2.39. The molecule has 1 heterocycles. The van der Waals surface area contributed by atoms with Gasteiger partial charge >= 0.3 is 0 Å². The molecule has 1 atom stereocenters. The fourth-order valence-corrected chi connectivity index (χ4v) is 2.89. The van der Waals surface area contributed by atoms with Gasteiger partial charge < -0.3 is 5.32 Å². The Kier molecular flexibility index (Phi) is 4.09. The predicted octanol–water partition coefficient (Wildman–Crippen LogP) is 3.60. The molecule has 1 aromatic carbocycles. The monoisotopic (exact) mass is 264 g/mol. The largest absolute Gasteiger partial charge is 0.305 e. The Morgan fingerprint density at radius 3 is 2.72 bits per heavy atom. The summed E-state index contributed by atoms with van der Waals surface area (Å²) in [6.45, 7) is 6.92. The lowest BCUT2D eigenvalue weighted by Crippen LogP contribution is -2.22. The first-order valence-corrected chi connectivity index (χ1v) is 6.86. The quantitative estimate of drug-likeness (QED) is 0.912. The topological polar surface area (TPSA) is 24.9 Å². The lowest BCUT2D eigenvalue weighted by molar-refractivity contribution is 0.601. The molecule has 1 N–H and O–H groups in total. The zero-order chi connectivity index (χ0) is 13.1. The summed E-state index contributed by atoms with van der Waals surface area (Å²) < 4.78 is 13.3. The second kappa shape index (κ2) is 5.59. The molecule has 0 fully saturated rings. The van der Waals surface area contributed by atoms with Gasteiger partial charge in [0, 0.05) is 4.88 Å². The first kappa shape index (κ1) is 13.2. The molecule has 0 saturated heterocycles. The van der Waals surface area contributed by atoms with E-state index in [9.17, 15) is 4.39 Å². The standard InChI is InChI=1S/C14H17FN2S/c1-4-16-13(11-6-5-7-12(15)8-11)14-17-9(2)10(3)18-14/h5-8,13,16H,4H2,1-3H3. The van der Waals surface area contributed by atoms with Gasteiger partial charge in [0.1, 0.15) is 10.8 Å². The number of hydrogen-bond acceptors (Lipinski definition) is 3. The van der Waals surface area contributed by atoms with E-state index in [4.69, 9.17) is 0 Å². The number of nitrogens with one attached hydrogen (secondary N) is 1. The normalized spacial score (nSPS) is 12.7. The van der Waals surface area contributed by atoms with E-state index in [1.807, 2.05) is 19.9 Å². The van der Waals surface area contributed by atoms with Gasteiger partial charge in [-0.25, -0.2) is 9.37 Å². The smallest absolute Gasteiger partial charge is 0.123 e. The van der Waals surface area contributed by atoms with Crippen molar-refractivity contribution in [2.75, 3.05) is 6.54 Å². The maximum Gasteiger partial charge on any atom is 0.123 e. The Labute approximate surface area is 111 Å². The van der Waals surface area contributed by atoms with E-state index in [-0.39, 0.29) is 11.9 Å². The van der Waals surface area contributed by atoms with Gasteiger partial charge in [0.2, 0.25) is 0 Å². The van der Waals surface area contributed by atoms with Crippen LogP contribution in [0.1, 0.15) is 34.1 Å². The zero-order valence-electron chi connectivity index (χ0n) is 10.8. The van der Waals surface area contributed by atoms with Crippen LogP contribution < -0.4 is 5.32 Å². The summed E-state index contributed by atoms with van der Waals surface area (Å²) in [4.78, 5) is 5.78. The number of aromatic nitrogens is 1. The highest BCUT2D eigenvalue weighted by Gasteiger charge is 2.18. The maximum atomic E-state index is 13.3. The summed E-state index contributed by atoms with van der Waals surface area (Å²) in [6.07, 6.45) is 0. The Hall–Kier alpha value is -1.26. The molecule has 0 bridgehead atoms. The van der Waals surface area contributed by atoms with E-state index in [1.54, 1.807) is 23.5 Å². The van der Waals surface area contributed by atoms with Crippen LogP contribution in [0, 0.1) is 19.7 Å². The van der Waals surface area contributed by atoms with Crippen molar-refractivity contribution in [1.82, 2.24) is 10.3 Å². The number of hydrogen-bond donors (Lipinski definition) is 1. The summed E-state index contributed by atoms with van der Waals surface area (Å²) in [7, 11) is 0. The molecular formula is C14H17FN2S. The molecule has 0 aliphatic heterocycles. The van der Waals surface area contributed by atoms with Gasteiger partial charge in [-0.15, -0.1) is 11.3 Å². The number of benzene rings is 1. The highest BCUT2D eigenvalue weighted by Crippen LogP contribution is 2.28. The second-order valence-electron chi connectivity index (χ2n) is 4.24. The molecular weight excluding hydrogens is 247 g/mol. The Morgan fingerprint density at radius 2 is 2.17 bits per heavy atom. The van der Waals surface area contributed by atoms with Crippen molar-refractivity contribution in [2.45, 2.75) is 26.8 Å². The highest BCUT2D eigenvalue weighted by molar-refractivity contribution is 7.11. The molecule has 2 aromatic rings.